The van der Waals surface area contributed by atoms with Crippen LogP contribution in [-0.2, 0) is 0 Å². The Morgan fingerprint density at radius 2 is 0.852 bits per heavy atom. The summed E-state index contributed by atoms with van der Waals surface area (Å²) in [4.78, 5) is 2.38. The Morgan fingerprint density at radius 3 is 1.54 bits per heavy atom. The van der Waals surface area contributed by atoms with Gasteiger partial charge in [0.15, 0.2) is 0 Å². The monoisotopic (exact) mass is 691 g/mol. The van der Waals surface area contributed by atoms with E-state index in [1.54, 1.807) is 0 Å². The zero-order valence-corrected chi connectivity index (χ0v) is 30.3. The van der Waals surface area contributed by atoms with Gasteiger partial charge in [0, 0.05) is 38.7 Å². The van der Waals surface area contributed by atoms with Crippen LogP contribution >= 0.6 is 0 Å². The molecule has 2 nitrogen and oxygen atoms in total. The van der Waals surface area contributed by atoms with Crippen molar-refractivity contribution in [2.75, 3.05) is 4.90 Å². The van der Waals surface area contributed by atoms with Gasteiger partial charge in [0.05, 0.1) is 5.69 Å². The van der Waals surface area contributed by atoms with Gasteiger partial charge in [-0.25, -0.2) is 0 Å². The smallest absolute Gasteiger partial charge is 0.143 e. The normalized spacial score (nSPS) is 11.5. The van der Waals surface area contributed by atoms with Crippen molar-refractivity contribution < 1.29 is 4.42 Å². The van der Waals surface area contributed by atoms with Crippen LogP contribution < -0.4 is 4.90 Å². The summed E-state index contributed by atoms with van der Waals surface area (Å²) in [5, 5.41) is 7.13. The van der Waals surface area contributed by atoms with Crippen LogP contribution in [0.2, 0.25) is 0 Å². The van der Waals surface area contributed by atoms with Crippen molar-refractivity contribution in [3.63, 3.8) is 0 Å². The molecule has 10 rings (SSSR count). The van der Waals surface area contributed by atoms with Gasteiger partial charge in [-0.15, -0.1) is 0 Å². The number of hydrogen-bond acceptors (Lipinski definition) is 2. The number of hydrogen-bond donors (Lipinski definition) is 0. The summed E-state index contributed by atoms with van der Waals surface area (Å²) in [6.07, 6.45) is 0. The highest BCUT2D eigenvalue weighted by Crippen LogP contribution is 2.44. The number of anilines is 3. The minimum Gasteiger partial charge on any atom is -0.455 e. The van der Waals surface area contributed by atoms with Crippen molar-refractivity contribution in [2.24, 2.45) is 0 Å². The van der Waals surface area contributed by atoms with Gasteiger partial charge in [-0.3, -0.25) is 0 Å². The molecule has 0 saturated heterocycles. The molecule has 54 heavy (non-hydrogen) atoms. The second-order valence-corrected chi connectivity index (χ2v) is 14.3. The number of rotatable bonds is 6. The Morgan fingerprint density at radius 1 is 0.352 bits per heavy atom. The quantitative estimate of drug-likeness (QED) is 0.173. The molecule has 0 N–H and O–H groups in total. The number of para-hydroxylation sites is 2. The third-order valence-electron chi connectivity index (χ3n) is 10.8. The van der Waals surface area contributed by atoms with Crippen molar-refractivity contribution in [1.29, 1.82) is 0 Å². The second kappa shape index (κ2) is 12.9. The van der Waals surface area contributed by atoms with Gasteiger partial charge in [0.25, 0.3) is 0 Å². The number of furan rings is 1. The summed E-state index contributed by atoms with van der Waals surface area (Å²) in [6, 6.07) is 67.9. The number of benzene rings is 9. The van der Waals surface area contributed by atoms with E-state index < -0.39 is 0 Å². The summed E-state index contributed by atoms with van der Waals surface area (Å²) < 4.78 is 6.86. The predicted molar refractivity (Wildman–Crippen MR) is 229 cm³/mol. The molecule has 0 fully saturated rings. The van der Waals surface area contributed by atoms with Crippen molar-refractivity contribution in [3.05, 3.63) is 199 Å². The first kappa shape index (κ1) is 31.8. The van der Waals surface area contributed by atoms with E-state index in [1.165, 1.54) is 49.4 Å². The molecule has 0 atom stereocenters. The molecular weight excluding hydrogens is 655 g/mol. The Hall–Kier alpha value is -6.90. The molecule has 0 saturated carbocycles. The van der Waals surface area contributed by atoms with Crippen molar-refractivity contribution in [2.45, 2.75) is 13.8 Å². The maximum atomic E-state index is 6.86. The Balaban J connectivity index is 1.07. The molecule has 1 heterocycles. The van der Waals surface area contributed by atoms with E-state index in [9.17, 15) is 0 Å². The van der Waals surface area contributed by atoms with Gasteiger partial charge >= 0.3 is 0 Å². The van der Waals surface area contributed by atoms with E-state index in [1.807, 2.05) is 0 Å². The second-order valence-electron chi connectivity index (χ2n) is 14.3. The van der Waals surface area contributed by atoms with Gasteiger partial charge in [0.1, 0.15) is 11.2 Å². The minimum atomic E-state index is 0.912. The maximum Gasteiger partial charge on any atom is 0.143 e. The summed E-state index contributed by atoms with van der Waals surface area (Å²) in [5.41, 5.74) is 14.6. The van der Waals surface area contributed by atoms with Crippen molar-refractivity contribution in [1.82, 2.24) is 0 Å². The van der Waals surface area contributed by atoms with Gasteiger partial charge in [-0.1, -0.05) is 158 Å². The lowest BCUT2D eigenvalue weighted by Gasteiger charge is -2.28. The van der Waals surface area contributed by atoms with Crippen LogP contribution in [0.1, 0.15) is 11.1 Å². The van der Waals surface area contributed by atoms with Crippen molar-refractivity contribution in [3.8, 4) is 33.4 Å². The average Bonchev–Trinajstić information content (AvgIpc) is 3.60. The molecule has 256 valence electrons. The Kier molecular flexibility index (Phi) is 7.63. The summed E-state index contributed by atoms with van der Waals surface area (Å²) in [7, 11) is 0. The van der Waals surface area contributed by atoms with Crippen LogP contribution in [0.15, 0.2) is 192 Å². The van der Waals surface area contributed by atoms with E-state index in [-0.39, 0.29) is 0 Å². The van der Waals surface area contributed by atoms with Gasteiger partial charge in [0.2, 0.25) is 0 Å². The zero-order valence-electron chi connectivity index (χ0n) is 30.3. The predicted octanol–water partition coefficient (Wildman–Crippen LogP) is 15.0. The van der Waals surface area contributed by atoms with Crippen LogP contribution in [-0.4, -0.2) is 0 Å². The first-order valence-corrected chi connectivity index (χ1v) is 18.6. The van der Waals surface area contributed by atoms with Crippen LogP contribution in [0.3, 0.4) is 0 Å². The zero-order chi connectivity index (χ0) is 36.2. The molecule has 2 heteroatoms. The lowest BCUT2D eigenvalue weighted by atomic mass is 9.94. The highest BCUT2D eigenvalue weighted by molar-refractivity contribution is 6.15. The average molecular weight is 692 g/mol. The molecule has 0 amide bonds. The minimum absolute atomic E-state index is 0.912. The lowest BCUT2D eigenvalue weighted by molar-refractivity contribution is 0.671. The van der Waals surface area contributed by atoms with E-state index in [0.717, 1.165) is 55.7 Å². The molecule has 0 aliphatic carbocycles. The van der Waals surface area contributed by atoms with E-state index in [4.69, 9.17) is 4.42 Å². The van der Waals surface area contributed by atoms with Crippen molar-refractivity contribution >= 4 is 60.5 Å². The maximum absolute atomic E-state index is 6.86. The fourth-order valence-corrected chi connectivity index (χ4v) is 8.24. The molecule has 0 spiro atoms. The molecule has 1 aromatic heterocycles. The first-order chi connectivity index (χ1) is 26.6. The fraction of sp³-hybridized carbons (Fsp3) is 0.0385. The van der Waals surface area contributed by atoms with Crippen LogP contribution in [0.4, 0.5) is 17.1 Å². The molecule has 0 unspecified atom stereocenters. The SMILES string of the molecule is Cc1cccc(N(c2cccc(C)c2)c2ccc(-c3ccc(-c4cccc5c4oc4c(-c6cccc7ccccc67)cccc45)cc3)c3ccccc23)c1. The fourth-order valence-electron chi connectivity index (χ4n) is 8.24. The molecule has 9 aromatic carbocycles. The lowest BCUT2D eigenvalue weighted by Crippen LogP contribution is -2.11. The third-order valence-corrected chi connectivity index (χ3v) is 10.8. The van der Waals surface area contributed by atoms with Gasteiger partial charge < -0.3 is 9.32 Å². The summed E-state index contributed by atoms with van der Waals surface area (Å²) in [5.74, 6) is 0. The molecule has 0 radical (unpaired) electrons. The van der Waals surface area contributed by atoms with Gasteiger partial charge in [-0.2, -0.15) is 0 Å². The number of nitrogens with zero attached hydrogens (tertiary/aromatic N) is 1. The highest BCUT2D eigenvalue weighted by Gasteiger charge is 2.19. The van der Waals surface area contributed by atoms with Crippen LogP contribution in [0, 0.1) is 13.8 Å². The molecule has 10 aromatic rings. The van der Waals surface area contributed by atoms with Crippen LogP contribution in [0.5, 0.6) is 0 Å². The largest absolute Gasteiger partial charge is 0.455 e. The van der Waals surface area contributed by atoms with Gasteiger partial charge in [-0.05, 0) is 93.7 Å². The van der Waals surface area contributed by atoms with E-state index in [0.29, 0.717) is 0 Å². The van der Waals surface area contributed by atoms with E-state index >= 15 is 0 Å². The molecule has 0 aliphatic heterocycles. The summed E-state index contributed by atoms with van der Waals surface area (Å²) in [6.45, 7) is 4.31. The summed E-state index contributed by atoms with van der Waals surface area (Å²) >= 11 is 0. The molecule has 0 aliphatic rings. The highest BCUT2D eigenvalue weighted by atomic mass is 16.3. The number of aryl methyl sites for hydroxylation is 2. The molecule has 0 bridgehead atoms. The first-order valence-electron chi connectivity index (χ1n) is 18.6. The Labute approximate surface area is 315 Å². The third kappa shape index (κ3) is 5.35. The standard InChI is InChI=1S/C52H37NO/c1-34-12-7-16-39(32-34)53(40-17-8-13-35(2)33-40)50-31-30-42(44-19-5-6-20-46(44)50)37-26-28-38(29-27-37)43-21-10-24-48-49-25-11-23-47(52(49)54-51(43)48)45-22-9-15-36-14-3-4-18-41(36)45/h3-33H,1-2H3. The van der Waals surface area contributed by atoms with E-state index in [2.05, 4.69) is 207 Å². The number of fused-ring (bicyclic) bond motifs is 5. The molecular formula is C52H37NO. The van der Waals surface area contributed by atoms with Crippen LogP contribution in [0.25, 0.3) is 76.9 Å². The Bertz CT molecular complexity index is 2970. The topological polar surface area (TPSA) is 16.4 Å².